The zero-order valence-corrected chi connectivity index (χ0v) is 11.3. The second-order valence-corrected chi connectivity index (χ2v) is 4.48. The lowest BCUT2D eigenvalue weighted by Gasteiger charge is -2.14. The molecule has 1 aromatic carbocycles. The molecule has 2 unspecified atom stereocenters. The highest BCUT2D eigenvalue weighted by atomic mass is 16.5. The molecular weight excluding hydrogens is 246 g/mol. The number of carbonyl (C=O) groups is 2. The molecule has 0 heterocycles. The molecule has 104 valence electrons. The highest BCUT2D eigenvalue weighted by molar-refractivity contribution is 5.83. The fourth-order valence-electron chi connectivity index (χ4n) is 1.56. The lowest BCUT2D eigenvalue weighted by Crippen LogP contribution is -2.34. The molecule has 0 aliphatic carbocycles. The molecule has 0 fully saturated rings. The number of benzene rings is 1. The minimum absolute atomic E-state index is 0.127. The van der Waals surface area contributed by atoms with Crippen molar-refractivity contribution in [3.63, 3.8) is 0 Å². The summed E-state index contributed by atoms with van der Waals surface area (Å²) in [6.45, 7) is 3.46. The Labute approximate surface area is 112 Å². The van der Waals surface area contributed by atoms with E-state index in [-0.39, 0.29) is 18.4 Å². The lowest BCUT2D eigenvalue weighted by molar-refractivity contribution is -0.141. The number of carboxylic acids is 1. The number of hydrogen-bond acceptors (Lipinski definition) is 3. The van der Waals surface area contributed by atoms with Gasteiger partial charge in [0.1, 0.15) is 5.75 Å². The molecule has 0 saturated carbocycles. The normalized spacial score (nSPS) is 13.4. The van der Waals surface area contributed by atoms with Crippen LogP contribution in [0.2, 0.25) is 0 Å². The predicted octanol–water partition coefficient (Wildman–Crippen LogP) is 1.64. The van der Waals surface area contributed by atoms with Gasteiger partial charge in [0, 0.05) is 6.54 Å². The first-order valence-electron chi connectivity index (χ1n) is 6.10. The van der Waals surface area contributed by atoms with E-state index in [0.29, 0.717) is 5.75 Å². The fourth-order valence-corrected chi connectivity index (χ4v) is 1.56. The van der Waals surface area contributed by atoms with Gasteiger partial charge in [-0.1, -0.05) is 19.1 Å². The Morgan fingerprint density at radius 1 is 1.37 bits per heavy atom. The molecule has 5 heteroatoms. The van der Waals surface area contributed by atoms with E-state index in [0.717, 1.165) is 5.56 Å². The van der Waals surface area contributed by atoms with Gasteiger partial charge in [-0.05, 0) is 24.6 Å². The van der Waals surface area contributed by atoms with Crippen molar-refractivity contribution in [2.24, 2.45) is 5.92 Å². The van der Waals surface area contributed by atoms with Crippen LogP contribution >= 0.6 is 0 Å². The van der Waals surface area contributed by atoms with Crippen molar-refractivity contribution in [2.45, 2.75) is 19.8 Å². The van der Waals surface area contributed by atoms with E-state index < -0.39 is 11.9 Å². The van der Waals surface area contributed by atoms with Crippen LogP contribution in [-0.2, 0) is 9.59 Å². The summed E-state index contributed by atoms with van der Waals surface area (Å²) in [4.78, 5) is 22.6. The van der Waals surface area contributed by atoms with Crippen molar-refractivity contribution in [2.75, 3.05) is 13.7 Å². The van der Waals surface area contributed by atoms with Crippen LogP contribution in [0.15, 0.2) is 24.3 Å². The Kier molecular flexibility index (Phi) is 5.36. The highest BCUT2D eigenvalue weighted by Crippen LogP contribution is 2.20. The number of amides is 1. The number of nitrogens with one attached hydrogen (secondary N) is 1. The van der Waals surface area contributed by atoms with Gasteiger partial charge in [-0.15, -0.1) is 0 Å². The summed E-state index contributed by atoms with van der Waals surface area (Å²) in [6.07, 6.45) is 0. The monoisotopic (exact) mass is 265 g/mol. The third-order valence-corrected chi connectivity index (χ3v) is 2.99. The van der Waals surface area contributed by atoms with Gasteiger partial charge < -0.3 is 15.2 Å². The van der Waals surface area contributed by atoms with Crippen LogP contribution < -0.4 is 10.1 Å². The first kappa shape index (κ1) is 15.0. The molecule has 5 nitrogen and oxygen atoms in total. The molecule has 19 heavy (non-hydrogen) atoms. The van der Waals surface area contributed by atoms with Gasteiger partial charge in [-0.2, -0.15) is 0 Å². The average molecular weight is 265 g/mol. The van der Waals surface area contributed by atoms with Gasteiger partial charge in [-0.3, -0.25) is 9.59 Å². The largest absolute Gasteiger partial charge is 0.497 e. The molecule has 0 aliphatic heterocycles. The molecule has 1 rings (SSSR count). The second kappa shape index (κ2) is 6.78. The van der Waals surface area contributed by atoms with Crippen molar-refractivity contribution >= 4 is 11.9 Å². The van der Waals surface area contributed by atoms with E-state index in [1.807, 2.05) is 12.1 Å². The number of aliphatic carboxylic acids is 1. The standard InChI is InChI=1S/C14H19NO4/c1-9(14(17)18)8-15-13(16)10(2)11-5-4-6-12(7-11)19-3/h4-7,9-10H,8H2,1-3H3,(H,15,16)(H,17,18). The van der Waals surface area contributed by atoms with Crippen LogP contribution in [0.4, 0.5) is 0 Å². The van der Waals surface area contributed by atoms with Crippen molar-refractivity contribution in [3.8, 4) is 5.75 Å². The van der Waals surface area contributed by atoms with E-state index in [2.05, 4.69) is 5.32 Å². The summed E-state index contributed by atoms with van der Waals surface area (Å²) in [5.41, 5.74) is 0.833. The number of hydrogen-bond donors (Lipinski definition) is 2. The van der Waals surface area contributed by atoms with E-state index in [9.17, 15) is 9.59 Å². The first-order chi connectivity index (χ1) is 8.95. The number of carbonyl (C=O) groups excluding carboxylic acids is 1. The number of rotatable bonds is 6. The summed E-state index contributed by atoms with van der Waals surface area (Å²) in [7, 11) is 1.57. The quantitative estimate of drug-likeness (QED) is 0.819. The maximum atomic E-state index is 11.9. The van der Waals surface area contributed by atoms with Crippen molar-refractivity contribution in [1.29, 1.82) is 0 Å². The van der Waals surface area contributed by atoms with Crippen LogP contribution in [0.25, 0.3) is 0 Å². The Hall–Kier alpha value is -2.04. The molecule has 0 aromatic heterocycles. The van der Waals surface area contributed by atoms with Crippen molar-refractivity contribution < 1.29 is 19.4 Å². The Morgan fingerprint density at radius 2 is 2.05 bits per heavy atom. The Bertz CT molecular complexity index is 459. The molecule has 0 saturated heterocycles. The van der Waals surface area contributed by atoms with Crippen LogP contribution in [0.1, 0.15) is 25.3 Å². The maximum Gasteiger partial charge on any atom is 0.308 e. The van der Waals surface area contributed by atoms with Crippen LogP contribution in [0, 0.1) is 5.92 Å². The van der Waals surface area contributed by atoms with Crippen LogP contribution in [0.3, 0.4) is 0 Å². The zero-order chi connectivity index (χ0) is 14.4. The third kappa shape index (κ3) is 4.28. The molecule has 0 radical (unpaired) electrons. The van der Waals surface area contributed by atoms with Gasteiger partial charge >= 0.3 is 5.97 Å². The topological polar surface area (TPSA) is 75.6 Å². The number of methoxy groups -OCH3 is 1. The van der Waals surface area contributed by atoms with Gasteiger partial charge in [0.2, 0.25) is 5.91 Å². The van der Waals surface area contributed by atoms with E-state index in [1.165, 1.54) is 0 Å². The molecule has 1 aromatic rings. The molecular formula is C14H19NO4. The fraction of sp³-hybridized carbons (Fsp3) is 0.429. The summed E-state index contributed by atoms with van der Waals surface area (Å²) < 4.78 is 5.10. The smallest absolute Gasteiger partial charge is 0.308 e. The zero-order valence-electron chi connectivity index (χ0n) is 11.3. The number of carboxylic acid groups (broad SMARTS) is 1. The molecule has 2 atom stereocenters. The van der Waals surface area contributed by atoms with Gasteiger partial charge in [0.05, 0.1) is 18.9 Å². The summed E-state index contributed by atoms with van der Waals surface area (Å²) in [5, 5.41) is 11.4. The second-order valence-electron chi connectivity index (χ2n) is 4.48. The highest BCUT2D eigenvalue weighted by Gasteiger charge is 2.18. The molecule has 0 aliphatic rings. The van der Waals surface area contributed by atoms with E-state index in [4.69, 9.17) is 9.84 Å². The van der Waals surface area contributed by atoms with E-state index >= 15 is 0 Å². The van der Waals surface area contributed by atoms with Crippen LogP contribution in [0.5, 0.6) is 5.75 Å². The van der Waals surface area contributed by atoms with Crippen LogP contribution in [-0.4, -0.2) is 30.6 Å². The molecule has 0 bridgehead atoms. The van der Waals surface area contributed by atoms with Crippen molar-refractivity contribution in [3.05, 3.63) is 29.8 Å². The van der Waals surface area contributed by atoms with E-state index in [1.54, 1.807) is 33.1 Å². The summed E-state index contributed by atoms with van der Waals surface area (Å²) >= 11 is 0. The predicted molar refractivity (Wildman–Crippen MR) is 71.2 cm³/mol. The average Bonchev–Trinajstić information content (AvgIpc) is 2.43. The Morgan fingerprint density at radius 3 is 2.63 bits per heavy atom. The first-order valence-corrected chi connectivity index (χ1v) is 6.10. The number of ether oxygens (including phenoxy) is 1. The Balaban J connectivity index is 2.63. The minimum atomic E-state index is -0.922. The molecule has 0 spiro atoms. The maximum absolute atomic E-state index is 11.9. The van der Waals surface area contributed by atoms with Gasteiger partial charge in [-0.25, -0.2) is 0 Å². The lowest BCUT2D eigenvalue weighted by atomic mass is 10.00. The molecule has 2 N–H and O–H groups in total. The summed E-state index contributed by atoms with van der Waals surface area (Å²) in [6, 6.07) is 7.26. The summed E-state index contributed by atoms with van der Waals surface area (Å²) in [5.74, 6) is -1.37. The van der Waals surface area contributed by atoms with Gasteiger partial charge in [0.25, 0.3) is 0 Å². The third-order valence-electron chi connectivity index (χ3n) is 2.99. The SMILES string of the molecule is COc1cccc(C(C)C(=O)NCC(C)C(=O)O)c1. The minimum Gasteiger partial charge on any atom is -0.497 e. The molecule has 1 amide bonds. The van der Waals surface area contributed by atoms with Crippen molar-refractivity contribution in [1.82, 2.24) is 5.32 Å². The van der Waals surface area contributed by atoms with Gasteiger partial charge in [0.15, 0.2) is 0 Å².